The van der Waals surface area contributed by atoms with E-state index in [1.54, 1.807) is 7.11 Å². The number of halogens is 3. The van der Waals surface area contributed by atoms with E-state index in [0.29, 0.717) is 32.8 Å². The van der Waals surface area contributed by atoms with E-state index >= 15 is 0 Å². The fraction of sp³-hybridized carbons (Fsp3) is 0.500. The molecule has 0 atom stereocenters. The molecule has 0 amide bonds. The highest BCUT2D eigenvalue weighted by molar-refractivity contribution is 8.13. The smallest absolute Gasteiger partial charge is 0.261 e. The molecule has 5 nitrogen and oxygen atoms in total. The monoisotopic (exact) mass is 376 g/mol. The second-order valence-electron chi connectivity index (χ2n) is 3.96. The summed E-state index contributed by atoms with van der Waals surface area (Å²) >= 11 is 11.9. The first-order valence-corrected chi connectivity index (χ1v) is 9.06. The largest absolute Gasteiger partial charge is 0.490 e. The van der Waals surface area contributed by atoms with E-state index in [0.717, 1.165) is 0 Å². The molecule has 0 heterocycles. The van der Waals surface area contributed by atoms with Crippen molar-refractivity contribution in [2.24, 2.45) is 0 Å². The molecular formula is C12H15Cl3O5S. The lowest BCUT2D eigenvalue weighted by atomic mass is 10.3. The molecule has 1 aromatic rings. The standard InChI is InChI=1S/C12H15Cl3O5S/c1-18-5-6-19-3-2-4-20-12-10(13)7-9(8-11(12)14)21(15,16)17/h7-8H,2-6H2,1H3. The molecule has 0 aromatic heterocycles. The van der Waals surface area contributed by atoms with Gasteiger partial charge in [0.05, 0.1) is 34.8 Å². The van der Waals surface area contributed by atoms with Crippen LogP contribution in [0.1, 0.15) is 6.42 Å². The Bertz CT molecular complexity index is 539. The number of rotatable bonds is 9. The van der Waals surface area contributed by atoms with Gasteiger partial charge in [0.25, 0.3) is 9.05 Å². The van der Waals surface area contributed by atoms with Crippen molar-refractivity contribution < 1.29 is 22.6 Å². The molecule has 0 aliphatic rings. The third kappa shape index (κ3) is 6.59. The molecule has 0 unspecified atom stereocenters. The van der Waals surface area contributed by atoms with Crippen LogP contribution < -0.4 is 4.74 Å². The maximum absolute atomic E-state index is 11.2. The molecule has 0 aliphatic heterocycles. The number of hydrogen-bond acceptors (Lipinski definition) is 5. The van der Waals surface area contributed by atoms with E-state index in [-0.39, 0.29) is 20.7 Å². The Morgan fingerprint density at radius 1 is 1.05 bits per heavy atom. The maximum atomic E-state index is 11.2. The third-order valence-electron chi connectivity index (χ3n) is 2.36. The van der Waals surface area contributed by atoms with E-state index in [4.69, 9.17) is 48.1 Å². The molecule has 0 spiro atoms. The molecule has 0 radical (unpaired) electrons. The van der Waals surface area contributed by atoms with Crippen molar-refractivity contribution >= 4 is 42.9 Å². The van der Waals surface area contributed by atoms with Gasteiger partial charge in [-0.3, -0.25) is 0 Å². The molecule has 0 aliphatic carbocycles. The first kappa shape index (κ1) is 18.8. The summed E-state index contributed by atoms with van der Waals surface area (Å²) in [5.74, 6) is 0.222. The Labute approximate surface area is 138 Å². The Morgan fingerprint density at radius 3 is 2.19 bits per heavy atom. The number of ether oxygens (including phenoxy) is 3. The molecule has 0 fully saturated rings. The molecule has 120 valence electrons. The van der Waals surface area contributed by atoms with E-state index in [2.05, 4.69) is 0 Å². The van der Waals surface area contributed by atoms with Crippen molar-refractivity contribution in [1.29, 1.82) is 0 Å². The highest BCUT2D eigenvalue weighted by atomic mass is 35.7. The summed E-state index contributed by atoms with van der Waals surface area (Å²) in [5.41, 5.74) is 0. The SMILES string of the molecule is COCCOCCCOc1c(Cl)cc(S(=O)(=O)Cl)cc1Cl. The molecule has 9 heteroatoms. The van der Waals surface area contributed by atoms with Crippen LogP contribution in [0.5, 0.6) is 5.75 Å². The molecular weight excluding hydrogens is 363 g/mol. The van der Waals surface area contributed by atoms with Gasteiger partial charge in [-0.25, -0.2) is 8.42 Å². The van der Waals surface area contributed by atoms with Crippen molar-refractivity contribution in [2.75, 3.05) is 33.5 Å². The number of methoxy groups -OCH3 is 1. The minimum Gasteiger partial charge on any atom is -0.490 e. The van der Waals surface area contributed by atoms with Crippen LogP contribution in [0.3, 0.4) is 0 Å². The second-order valence-corrected chi connectivity index (χ2v) is 7.34. The minimum atomic E-state index is -3.89. The van der Waals surface area contributed by atoms with Crippen molar-refractivity contribution in [2.45, 2.75) is 11.3 Å². The molecule has 1 aromatic carbocycles. The van der Waals surface area contributed by atoms with Gasteiger partial charge in [-0.1, -0.05) is 23.2 Å². The van der Waals surface area contributed by atoms with Crippen LogP contribution in [0.2, 0.25) is 10.0 Å². The van der Waals surface area contributed by atoms with Crippen molar-refractivity contribution in [3.63, 3.8) is 0 Å². The molecule has 0 bridgehead atoms. The van der Waals surface area contributed by atoms with Gasteiger partial charge < -0.3 is 14.2 Å². The van der Waals surface area contributed by atoms with Crippen LogP contribution in [0.15, 0.2) is 17.0 Å². The average Bonchev–Trinajstić information content (AvgIpc) is 2.39. The third-order valence-corrected chi connectivity index (χ3v) is 4.26. The number of hydrogen-bond donors (Lipinski definition) is 0. The normalized spacial score (nSPS) is 11.6. The fourth-order valence-corrected chi connectivity index (χ4v) is 2.90. The van der Waals surface area contributed by atoms with E-state index < -0.39 is 9.05 Å². The van der Waals surface area contributed by atoms with Gasteiger partial charge in [-0.15, -0.1) is 0 Å². The maximum Gasteiger partial charge on any atom is 0.261 e. The lowest BCUT2D eigenvalue weighted by Gasteiger charge is -2.11. The first-order valence-electron chi connectivity index (χ1n) is 5.99. The lowest BCUT2D eigenvalue weighted by Crippen LogP contribution is -2.07. The average molecular weight is 378 g/mol. The molecule has 0 N–H and O–H groups in total. The predicted octanol–water partition coefficient (Wildman–Crippen LogP) is 3.35. The summed E-state index contributed by atoms with van der Waals surface area (Å²) in [6.45, 7) is 1.89. The van der Waals surface area contributed by atoms with Gasteiger partial charge in [0.1, 0.15) is 0 Å². The van der Waals surface area contributed by atoms with E-state index in [9.17, 15) is 8.42 Å². The van der Waals surface area contributed by atoms with Crippen LogP contribution in [-0.4, -0.2) is 42.0 Å². The molecule has 0 saturated carbocycles. The van der Waals surface area contributed by atoms with E-state index in [1.165, 1.54) is 12.1 Å². The first-order chi connectivity index (χ1) is 9.86. The zero-order valence-electron chi connectivity index (χ0n) is 11.3. The van der Waals surface area contributed by atoms with Crippen LogP contribution >= 0.6 is 33.9 Å². The zero-order valence-corrected chi connectivity index (χ0v) is 14.4. The summed E-state index contributed by atoms with van der Waals surface area (Å²) in [5, 5.41) is 0.170. The highest BCUT2D eigenvalue weighted by Crippen LogP contribution is 2.36. The Morgan fingerprint density at radius 2 is 1.67 bits per heavy atom. The Kier molecular flexibility index (Phi) is 8.08. The Hall–Kier alpha value is -0.240. The quantitative estimate of drug-likeness (QED) is 0.488. The van der Waals surface area contributed by atoms with Gasteiger partial charge in [0.15, 0.2) is 5.75 Å². The highest BCUT2D eigenvalue weighted by Gasteiger charge is 2.16. The van der Waals surface area contributed by atoms with Crippen molar-refractivity contribution in [3.8, 4) is 5.75 Å². The van der Waals surface area contributed by atoms with Gasteiger partial charge in [-0.05, 0) is 12.1 Å². The van der Waals surface area contributed by atoms with Crippen molar-refractivity contribution in [3.05, 3.63) is 22.2 Å². The van der Waals surface area contributed by atoms with E-state index in [1.807, 2.05) is 0 Å². The topological polar surface area (TPSA) is 61.8 Å². The van der Waals surface area contributed by atoms with Gasteiger partial charge >= 0.3 is 0 Å². The predicted molar refractivity (Wildman–Crippen MR) is 82.3 cm³/mol. The van der Waals surface area contributed by atoms with Crippen molar-refractivity contribution in [1.82, 2.24) is 0 Å². The summed E-state index contributed by atoms with van der Waals surface area (Å²) < 4.78 is 38.0. The van der Waals surface area contributed by atoms with Gasteiger partial charge in [0.2, 0.25) is 0 Å². The summed E-state index contributed by atoms with van der Waals surface area (Å²) in [4.78, 5) is -0.172. The number of benzene rings is 1. The zero-order chi connectivity index (χ0) is 15.9. The fourth-order valence-electron chi connectivity index (χ4n) is 1.39. The van der Waals surface area contributed by atoms with Gasteiger partial charge in [0, 0.05) is 30.8 Å². The Balaban J connectivity index is 2.53. The minimum absolute atomic E-state index is 0.0852. The van der Waals surface area contributed by atoms with Crippen LogP contribution in [0.25, 0.3) is 0 Å². The molecule has 1 rings (SSSR count). The second kappa shape index (κ2) is 9.02. The molecule has 21 heavy (non-hydrogen) atoms. The summed E-state index contributed by atoms with van der Waals surface area (Å²) in [7, 11) is 2.94. The van der Waals surface area contributed by atoms with Gasteiger partial charge in [-0.2, -0.15) is 0 Å². The van der Waals surface area contributed by atoms with Crippen LogP contribution in [0, 0.1) is 0 Å². The van der Waals surface area contributed by atoms with Crippen LogP contribution in [-0.2, 0) is 18.5 Å². The van der Waals surface area contributed by atoms with Crippen LogP contribution in [0.4, 0.5) is 0 Å². The molecule has 0 saturated heterocycles. The lowest BCUT2D eigenvalue weighted by molar-refractivity contribution is 0.0644. The summed E-state index contributed by atoms with van der Waals surface area (Å²) in [6.07, 6.45) is 0.631. The summed E-state index contributed by atoms with van der Waals surface area (Å²) in [6, 6.07) is 2.39.